The minimum Gasteiger partial charge on any atom is -0.384 e. The Morgan fingerprint density at radius 1 is 1.37 bits per heavy atom. The van der Waals surface area contributed by atoms with E-state index in [0.29, 0.717) is 24.3 Å². The Morgan fingerprint density at radius 2 is 2.16 bits per heavy atom. The fourth-order valence-electron chi connectivity index (χ4n) is 1.37. The summed E-state index contributed by atoms with van der Waals surface area (Å²) in [4.78, 5) is 23.6. The van der Waals surface area contributed by atoms with Crippen LogP contribution in [0.3, 0.4) is 0 Å². The molecule has 0 aliphatic carbocycles. The zero-order valence-electron chi connectivity index (χ0n) is 10.4. The lowest BCUT2D eigenvalue weighted by Gasteiger charge is -2.02. The van der Waals surface area contributed by atoms with E-state index in [0.717, 1.165) is 11.3 Å². The van der Waals surface area contributed by atoms with E-state index < -0.39 is 0 Å². The highest BCUT2D eigenvalue weighted by Crippen LogP contribution is 2.15. The van der Waals surface area contributed by atoms with Gasteiger partial charge in [0, 0.05) is 13.0 Å². The number of aliphatic hydroxyl groups is 1. The Bertz CT molecular complexity index is 499. The normalized spacial score (nSPS) is 9.53. The molecule has 0 saturated carbocycles. The fraction of sp³-hybridized carbons (Fsp3) is 0.385. The fourth-order valence-corrected chi connectivity index (χ4v) is 2.16. The average Bonchev–Trinajstić information content (AvgIpc) is 2.84. The number of unbranched alkanes of at least 4 members (excludes halogenated alkanes) is 1. The molecule has 0 atom stereocenters. The highest BCUT2D eigenvalue weighted by Gasteiger charge is 2.07. The average molecular weight is 280 g/mol. The van der Waals surface area contributed by atoms with Gasteiger partial charge in [0.1, 0.15) is 6.61 Å². The smallest absolute Gasteiger partial charge is 0.261 e. The van der Waals surface area contributed by atoms with Crippen molar-refractivity contribution in [2.24, 2.45) is 5.73 Å². The van der Waals surface area contributed by atoms with Crippen molar-refractivity contribution in [3.8, 4) is 11.8 Å². The molecule has 2 amide bonds. The molecule has 19 heavy (non-hydrogen) atoms. The van der Waals surface area contributed by atoms with Gasteiger partial charge in [-0.05, 0) is 25.0 Å². The molecule has 1 aromatic rings. The van der Waals surface area contributed by atoms with Crippen LogP contribution in [0.5, 0.6) is 0 Å². The number of thiophene rings is 1. The second kappa shape index (κ2) is 8.29. The highest BCUT2D eigenvalue weighted by atomic mass is 32.1. The van der Waals surface area contributed by atoms with Gasteiger partial charge in [0.2, 0.25) is 5.91 Å². The first-order valence-electron chi connectivity index (χ1n) is 5.89. The summed E-state index contributed by atoms with van der Waals surface area (Å²) in [5.74, 6) is 4.80. The number of carbonyl (C=O) groups excluding carboxylic acids is 2. The molecule has 6 heteroatoms. The summed E-state index contributed by atoms with van der Waals surface area (Å²) in [5, 5.41) is 11.3. The van der Waals surface area contributed by atoms with Crippen molar-refractivity contribution in [1.29, 1.82) is 0 Å². The lowest BCUT2D eigenvalue weighted by atomic mass is 10.2. The van der Waals surface area contributed by atoms with Crippen LogP contribution in [0.2, 0.25) is 0 Å². The molecule has 102 valence electrons. The van der Waals surface area contributed by atoms with Crippen LogP contribution in [0.15, 0.2) is 12.1 Å². The molecule has 0 unspecified atom stereocenters. The van der Waals surface area contributed by atoms with Gasteiger partial charge in [0.15, 0.2) is 0 Å². The van der Waals surface area contributed by atoms with E-state index >= 15 is 0 Å². The minimum absolute atomic E-state index is 0.152. The molecule has 0 aliphatic heterocycles. The van der Waals surface area contributed by atoms with E-state index in [-0.39, 0.29) is 18.4 Å². The molecule has 0 spiro atoms. The van der Waals surface area contributed by atoms with Crippen LogP contribution in [-0.2, 0) is 4.79 Å². The Kier molecular flexibility index (Phi) is 6.64. The third-order valence-corrected chi connectivity index (χ3v) is 3.26. The van der Waals surface area contributed by atoms with Crippen molar-refractivity contribution in [3.63, 3.8) is 0 Å². The molecule has 0 saturated heterocycles. The first kappa shape index (κ1) is 15.2. The quantitative estimate of drug-likeness (QED) is 0.522. The van der Waals surface area contributed by atoms with Crippen LogP contribution < -0.4 is 11.1 Å². The van der Waals surface area contributed by atoms with Gasteiger partial charge in [0.25, 0.3) is 5.91 Å². The molecular weight excluding hydrogens is 264 g/mol. The van der Waals surface area contributed by atoms with Gasteiger partial charge in [-0.15, -0.1) is 11.3 Å². The van der Waals surface area contributed by atoms with Crippen LogP contribution in [0, 0.1) is 11.8 Å². The van der Waals surface area contributed by atoms with Gasteiger partial charge in [-0.1, -0.05) is 11.8 Å². The Balaban J connectivity index is 2.33. The van der Waals surface area contributed by atoms with Crippen molar-refractivity contribution in [2.45, 2.75) is 19.3 Å². The largest absolute Gasteiger partial charge is 0.384 e. The number of carbonyl (C=O) groups is 2. The van der Waals surface area contributed by atoms with Crippen molar-refractivity contribution in [1.82, 2.24) is 5.32 Å². The van der Waals surface area contributed by atoms with Crippen molar-refractivity contribution in [2.75, 3.05) is 13.2 Å². The molecule has 4 N–H and O–H groups in total. The number of nitrogens with two attached hydrogens (primary N) is 1. The zero-order valence-corrected chi connectivity index (χ0v) is 11.3. The van der Waals surface area contributed by atoms with Gasteiger partial charge in [-0.25, -0.2) is 0 Å². The molecule has 0 aliphatic rings. The standard InChI is InChI=1S/C13H16N2O3S/c14-12(17)5-1-2-8-15-13(18)11-7-6-10(19-11)4-3-9-16/h6-7,16H,1-2,5,8-9H2,(H2,14,17)(H,15,18). The molecule has 0 aromatic carbocycles. The molecule has 0 radical (unpaired) electrons. The van der Waals surface area contributed by atoms with Gasteiger partial charge >= 0.3 is 0 Å². The minimum atomic E-state index is -0.323. The maximum Gasteiger partial charge on any atom is 0.261 e. The van der Waals surface area contributed by atoms with Crippen LogP contribution in [0.25, 0.3) is 0 Å². The van der Waals surface area contributed by atoms with Gasteiger partial charge in [-0.2, -0.15) is 0 Å². The van der Waals surface area contributed by atoms with Gasteiger partial charge in [-0.3, -0.25) is 9.59 Å². The molecule has 0 fully saturated rings. The summed E-state index contributed by atoms with van der Waals surface area (Å²) in [7, 11) is 0. The summed E-state index contributed by atoms with van der Waals surface area (Å²) >= 11 is 1.28. The van der Waals surface area contributed by atoms with E-state index in [1.165, 1.54) is 11.3 Å². The zero-order chi connectivity index (χ0) is 14.1. The first-order valence-corrected chi connectivity index (χ1v) is 6.71. The van der Waals surface area contributed by atoms with E-state index in [2.05, 4.69) is 17.2 Å². The predicted octanol–water partition coefficient (Wildman–Crippen LogP) is 0.477. The number of hydrogen-bond acceptors (Lipinski definition) is 4. The second-order valence-corrected chi connectivity index (χ2v) is 4.89. The number of primary amides is 1. The maximum absolute atomic E-state index is 11.7. The molecule has 5 nitrogen and oxygen atoms in total. The molecule has 1 heterocycles. The van der Waals surface area contributed by atoms with E-state index in [1.54, 1.807) is 12.1 Å². The summed E-state index contributed by atoms with van der Waals surface area (Å²) in [6.45, 7) is 0.320. The lowest BCUT2D eigenvalue weighted by molar-refractivity contribution is -0.118. The predicted molar refractivity (Wildman–Crippen MR) is 73.7 cm³/mol. The topological polar surface area (TPSA) is 92.4 Å². The number of hydrogen-bond donors (Lipinski definition) is 3. The summed E-state index contributed by atoms with van der Waals surface area (Å²) in [6, 6.07) is 3.44. The maximum atomic E-state index is 11.7. The molecular formula is C13H16N2O3S. The van der Waals surface area contributed by atoms with Gasteiger partial charge in [0.05, 0.1) is 9.75 Å². The summed E-state index contributed by atoms with van der Waals surface area (Å²) in [5.41, 5.74) is 5.01. The lowest BCUT2D eigenvalue weighted by Crippen LogP contribution is -2.23. The van der Waals surface area contributed by atoms with Crippen LogP contribution in [-0.4, -0.2) is 30.1 Å². The molecule has 0 bridgehead atoms. The third-order valence-electron chi connectivity index (χ3n) is 2.26. The van der Waals surface area contributed by atoms with Crippen molar-refractivity contribution in [3.05, 3.63) is 21.9 Å². The monoisotopic (exact) mass is 280 g/mol. The Hall–Kier alpha value is -1.84. The van der Waals surface area contributed by atoms with Crippen LogP contribution in [0.4, 0.5) is 0 Å². The SMILES string of the molecule is NC(=O)CCCCNC(=O)c1ccc(C#CCO)s1. The third kappa shape index (κ3) is 6.04. The van der Waals surface area contributed by atoms with Crippen LogP contribution in [0.1, 0.15) is 33.8 Å². The summed E-state index contributed by atoms with van der Waals surface area (Å²) in [6.07, 6.45) is 1.74. The van der Waals surface area contributed by atoms with Gasteiger partial charge < -0.3 is 16.2 Å². The first-order chi connectivity index (χ1) is 9.13. The number of amides is 2. The Labute approximate surface area is 115 Å². The summed E-state index contributed by atoms with van der Waals surface area (Å²) < 4.78 is 0. The Morgan fingerprint density at radius 3 is 2.84 bits per heavy atom. The van der Waals surface area contributed by atoms with E-state index in [9.17, 15) is 9.59 Å². The number of aliphatic hydroxyl groups excluding tert-OH is 1. The van der Waals surface area contributed by atoms with Crippen molar-refractivity contribution >= 4 is 23.2 Å². The molecule has 1 rings (SSSR count). The van der Waals surface area contributed by atoms with E-state index in [1.807, 2.05) is 0 Å². The number of rotatable bonds is 6. The number of nitrogens with one attached hydrogen (secondary N) is 1. The second-order valence-electron chi connectivity index (χ2n) is 3.80. The molecule has 1 aromatic heterocycles. The van der Waals surface area contributed by atoms with Crippen LogP contribution >= 0.6 is 11.3 Å². The van der Waals surface area contributed by atoms with E-state index in [4.69, 9.17) is 10.8 Å². The highest BCUT2D eigenvalue weighted by molar-refractivity contribution is 7.14. The van der Waals surface area contributed by atoms with Crippen molar-refractivity contribution < 1.29 is 14.7 Å².